The van der Waals surface area contributed by atoms with Gasteiger partial charge < -0.3 is 10.2 Å². The number of hydrogen-bond donors (Lipinski definition) is 1. The highest BCUT2D eigenvalue weighted by atomic mass is 19.3. The van der Waals surface area contributed by atoms with Crippen molar-refractivity contribution in [3.63, 3.8) is 0 Å². The molecule has 114 valence electrons. The van der Waals surface area contributed by atoms with Gasteiger partial charge in [-0.05, 0) is 18.8 Å². The third kappa shape index (κ3) is 2.52. The molecule has 2 aliphatic rings. The minimum absolute atomic E-state index is 0.128. The normalized spacial score (nSPS) is 27.2. The molecule has 1 aliphatic heterocycles. The highest BCUT2D eigenvalue weighted by molar-refractivity contribution is 6.00. The molecule has 0 bridgehead atoms. The van der Waals surface area contributed by atoms with Gasteiger partial charge in [0, 0.05) is 0 Å². The zero-order valence-corrected chi connectivity index (χ0v) is 12.0. The second-order valence-corrected chi connectivity index (χ2v) is 5.96. The smallest absolute Gasteiger partial charge is 0.255 e. The van der Waals surface area contributed by atoms with Crippen molar-refractivity contribution in [1.29, 1.82) is 0 Å². The third-order valence-corrected chi connectivity index (χ3v) is 4.61. The lowest BCUT2D eigenvalue weighted by molar-refractivity contribution is -0.159. The first-order chi connectivity index (χ1) is 9.41. The van der Waals surface area contributed by atoms with Crippen molar-refractivity contribution in [2.45, 2.75) is 64.0 Å². The van der Waals surface area contributed by atoms with E-state index in [0.29, 0.717) is 19.3 Å². The lowest BCUT2D eigenvalue weighted by Crippen LogP contribution is -2.71. The Hall–Kier alpha value is -1.20. The zero-order valence-electron chi connectivity index (χ0n) is 12.0. The average molecular weight is 288 g/mol. The number of carbonyl (C=O) groups excluding carboxylic acids is 2. The highest BCUT2D eigenvalue weighted by Gasteiger charge is 2.53. The third-order valence-electron chi connectivity index (χ3n) is 4.61. The summed E-state index contributed by atoms with van der Waals surface area (Å²) in [4.78, 5) is 26.1. The molecule has 2 unspecified atom stereocenters. The van der Waals surface area contributed by atoms with Crippen molar-refractivity contribution >= 4 is 11.8 Å². The maximum Gasteiger partial charge on any atom is 0.255 e. The topological polar surface area (TPSA) is 49.4 Å². The summed E-state index contributed by atoms with van der Waals surface area (Å²) in [6.45, 7) is 3.06. The van der Waals surface area contributed by atoms with Crippen LogP contribution in [0.2, 0.25) is 0 Å². The number of halogens is 2. The lowest BCUT2D eigenvalue weighted by Gasteiger charge is -2.46. The summed E-state index contributed by atoms with van der Waals surface area (Å²) in [6.07, 6.45) is 0.869. The van der Waals surface area contributed by atoms with Gasteiger partial charge in [-0.2, -0.15) is 0 Å². The first-order valence-electron chi connectivity index (χ1n) is 7.32. The fourth-order valence-corrected chi connectivity index (χ4v) is 3.36. The molecular formula is C14H22F2N2O2. The molecule has 0 radical (unpaired) electrons. The van der Waals surface area contributed by atoms with Crippen LogP contribution in [0.3, 0.4) is 0 Å². The molecule has 0 aromatic rings. The highest BCUT2D eigenvalue weighted by Crippen LogP contribution is 2.36. The number of alkyl halides is 2. The van der Waals surface area contributed by atoms with Crippen LogP contribution in [0, 0.1) is 5.92 Å². The summed E-state index contributed by atoms with van der Waals surface area (Å²) < 4.78 is 25.6. The quantitative estimate of drug-likeness (QED) is 0.859. The number of piperazine rings is 1. The predicted molar refractivity (Wildman–Crippen MR) is 70.3 cm³/mol. The Morgan fingerprint density at radius 1 is 1.35 bits per heavy atom. The Morgan fingerprint density at radius 2 is 1.95 bits per heavy atom. The first-order valence-corrected chi connectivity index (χ1v) is 7.32. The predicted octanol–water partition coefficient (Wildman–Crippen LogP) is 1.94. The van der Waals surface area contributed by atoms with Gasteiger partial charge in [-0.25, -0.2) is 8.78 Å². The van der Waals surface area contributed by atoms with Gasteiger partial charge in [0.15, 0.2) is 0 Å². The molecule has 6 heteroatoms. The molecule has 20 heavy (non-hydrogen) atoms. The van der Waals surface area contributed by atoms with Crippen LogP contribution < -0.4 is 5.32 Å². The van der Waals surface area contributed by atoms with Crippen molar-refractivity contribution in [3.05, 3.63) is 0 Å². The first kappa shape index (κ1) is 15.2. The summed E-state index contributed by atoms with van der Waals surface area (Å²) in [5.41, 5.74) is -0.921. The van der Waals surface area contributed by atoms with Crippen LogP contribution >= 0.6 is 0 Å². The minimum Gasteiger partial charge on any atom is -0.340 e. The van der Waals surface area contributed by atoms with Gasteiger partial charge in [-0.3, -0.25) is 9.59 Å². The van der Waals surface area contributed by atoms with Gasteiger partial charge in [0.05, 0.1) is 6.54 Å². The molecule has 0 aromatic heterocycles. The number of carbonyl (C=O) groups is 2. The van der Waals surface area contributed by atoms with Crippen molar-refractivity contribution in [2.75, 3.05) is 6.54 Å². The monoisotopic (exact) mass is 288 g/mol. The molecule has 4 nitrogen and oxygen atoms in total. The molecule has 1 N–H and O–H groups in total. The molecule has 1 saturated carbocycles. The number of rotatable bonds is 4. The van der Waals surface area contributed by atoms with Gasteiger partial charge in [-0.15, -0.1) is 0 Å². The Balaban J connectivity index is 2.30. The van der Waals surface area contributed by atoms with Crippen molar-refractivity contribution in [3.8, 4) is 0 Å². The molecular weight excluding hydrogens is 266 g/mol. The second kappa shape index (κ2) is 5.66. The summed E-state index contributed by atoms with van der Waals surface area (Å²) in [5.74, 6) is -0.724. The van der Waals surface area contributed by atoms with E-state index in [-0.39, 0.29) is 17.7 Å². The van der Waals surface area contributed by atoms with Crippen LogP contribution in [-0.4, -0.2) is 41.3 Å². The molecule has 2 amide bonds. The number of nitrogens with zero attached hydrogens (tertiary/aromatic N) is 1. The van der Waals surface area contributed by atoms with Crippen LogP contribution in [0.4, 0.5) is 8.78 Å². The Kier molecular flexibility index (Phi) is 4.30. The van der Waals surface area contributed by atoms with Crippen molar-refractivity contribution < 1.29 is 18.4 Å². The van der Waals surface area contributed by atoms with E-state index in [2.05, 4.69) is 5.32 Å². The van der Waals surface area contributed by atoms with E-state index in [1.54, 1.807) is 0 Å². The molecule has 2 rings (SSSR count). The van der Waals surface area contributed by atoms with E-state index in [1.807, 2.05) is 13.8 Å². The minimum atomic E-state index is -2.62. The van der Waals surface area contributed by atoms with Crippen LogP contribution in [0.15, 0.2) is 0 Å². The second-order valence-electron chi connectivity index (χ2n) is 5.96. The molecule has 1 aliphatic carbocycles. The van der Waals surface area contributed by atoms with E-state index < -0.39 is 24.6 Å². The van der Waals surface area contributed by atoms with Crippen LogP contribution in [0.25, 0.3) is 0 Å². The molecule has 1 saturated heterocycles. The maximum atomic E-state index is 12.8. The lowest BCUT2D eigenvalue weighted by atomic mass is 9.86. The standard InChI is InChI=1S/C14H22F2N2O2/c1-3-9(2)11-12(19)17-14(6-4-5-7-14)13(20)18(11)8-10(15)16/h9-11H,3-8H2,1-2H3,(H,17,19). The van der Waals surface area contributed by atoms with E-state index in [9.17, 15) is 18.4 Å². The maximum absolute atomic E-state index is 12.8. The summed E-state index contributed by atoms with van der Waals surface area (Å²) in [7, 11) is 0. The van der Waals surface area contributed by atoms with Gasteiger partial charge in [0.25, 0.3) is 6.43 Å². The number of nitrogens with one attached hydrogen (secondary N) is 1. The fourth-order valence-electron chi connectivity index (χ4n) is 3.36. The Bertz CT molecular complexity index is 395. The van der Waals surface area contributed by atoms with Crippen LogP contribution in [-0.2, 0) is 9.59 Å². The van der Waals surface area contributed by atoms with Crippen LogP contribution in [0.1, 0.15) is 46.0 Å². The largest absolute Gasteiger partial charge is 0.340 e. The van der Waals surface area contributed by atoms with Gasteiger partial charge in [-0.1, -0.05) is 33.1 Å². The van der Waals surface area contributed by atoms with Crippen molar-refractivity contribution in [2.24, 2.45) is 5.92 Å². The molecule has 0 aromatic carbocycles. The molecule has 2 atom stereocenters. The molecule has 2 fully saturated rings. The van der Waals surface area contributed by atoms with Gasteiger partial charge >= 0.3 is 0 Å². The van der Waals surface area contributed by atoms with E-state index in [4.69, 9.17) is 0 Å². The number of hydrogen-bond acceptors (Lipinski definition) is 2. The SMILES string of the molecule is CCC(C)C1C(=O)NC2(CCCC2)C(=O)N1CC(F)F. The number of amides is 2. The van der Waals surface area contributed by atoms with E-state index >= 15 is 0 Å². The average Bonchev–Trinajstić information content (AvgIpc) is 2.84. The Labute approximate surface area is 117 Å². The summed E-state index contributed by atoms with van der Waals surface area (Å²) in [6, 6.07) is -0.771. The van der Waals surface area contributed by atoms with E-state index in [1.165, 1.54) is 0 Å². The Morgan fingerprint density at radius 3 is 2.45 bits per heavy atom. The summed E-state index contributed by atoms with van der Waals surface area (Å²) in [5, 5.41) is 2.84. The van der Waals surface area contributed by atoms with Gasteiger partial charge in [0.1, 0.15) is 11.6 Å². The van der Waals surface area contributed by atoms with Crippen LogP contribution in [0.5, 0.6) is 0 Å². The summed E-state index contributed by atoms with van der Waals surface area (Å²) >= 11 is 0. The molecule has 1 spiro atoms. The zero-order chi connectivity index (χ0) is 14.9. The van der Waals surface area contributed by atoms with Gasteiger partial charge in [0.2, 0.25) is 11.8 Å². The van der Waals surface area contributed by atoms with E-state index in [0.717, 1.165) is 17.7 Å². The molecule has 1 heterocycles. The fraction of sp³-hybridized carbons (Fsp3) is 0.857. The van der Waals surface area contributed by atoms with Crippen molar-refractivity contribution in [1.82, 2.24) is 10.2 Å².